The minimum absolute atomic E-state index is 0.0109. The average Bonchev–Trinajstić information content (AvgIpc) is 3.01. The van der Waals surface area contributed by atoms with E-state index in [-0.39, 0.29) is 29.1 Å². The van der Waals surface area contributed by atoms with Crippen LogP contribution in [0.1, 0.15) is 33.7 Å². The lowest BCUT2D eigenvalue weighted by Crippen LogP contribution is -2.36. The van der Waals surface area contributed by atoms with E-state index >= 15 is 0 Å². The molecule has 24 heavy (non-hydrogen) atoms. The number of hydrogen-bond donors (Lipinski definition) is 1. The smallest absolute Gasteiger partial charge is 0.274 e. The molecule has 3 rings (SSSR count). The van der Waals surface area contributed by atoms with Gasteiger partial charge < -0.3 is 5.32 Å². The summed E-state index contributed by atoms with van der Waals surface area (Å²) >= 11 is 0. The second kappa shape index (κ2) is 6.01. The maximum Gasteiger partial charge on any atom is 0.274 e. The Kier molecular flexibility index (Phi) is 4.16. The molecule has 0 bridgehead atoms. The summed E-state index contributed by atoms with van der Waals surface area (Å²) in [7, 11) is -3.04. The SMILES string of the molecule is Cc1ccc(-n2nc(C)c(C(=O)N[C@@H]3CCS(=O)(=O)C3)n2)c(C)c1. The highest BCUT2D eigenvalue weighted by Gasteiger charge is 2.30. The molecular weight excluding hydrogens is 328 g/mol. The Morgan fingerprint density at radius 1 is 1.25 bits per heavy atom. The van der Waals surface area contributed by atoms with Crippen molar-refractivity contribution in [3.63, 3.8) is 0 Å². The van der Waals surface area contributed by atoms with Gasteiger partial charge in [-0.3, -0.25) is 4.79 Å². The Hall–Kier alpha value is -2.22. The fourth-order valence-corrected chi connectivity index (χ4v) is 4.56. The van der Waals surface area contributed by atoms with Gasteiger partial charge in [0.05, 0.1) is 22.9 Å². The van der Waals surface area contributed by atoms with Gasteiger partial charge in [0, 0.05) is 6.04 Å². The minimum Gasteiger partial charge on any atom is -0.347 e. The van der Waals surface area contributed by atoms with E-state index in [1.807, 2.05) is 32.0 Å². The van der Waals surface area contributed by atoms with Crippen LogP contribution in [-0.2, 0) is 9.84 Å². The molecule has 0 unspecified atom stereocenters. The molecule has 0 spiro atoms. The Morgan fingerprint density at radius 3 is 2.62 bits per heavy atom. The topological polar surface area (TPSA) is 94.0 Å². The third-order valence-electron chi connectivity index (χ3n) is 4.13. The first-order chi connectivity index (χ1) is 11.2. The van der Waals surface area contributed by atoms with Gasteiger partial charge in [0.2, 0.25) is 0 Å². The summed E-state index contributed by atoms with van der Waals surface area (Å²) in [4.78, 5) is 13.8. The Balaban J connectivity index is 1.82. The van der Waals surface area contributed by atoms with Crippen molar-refractivity contribution in [3.05, 3.63) is 40.7 Å². The molecule has 1 atom stereocenters. The second-order valence-corrected chi connectivity index (χ2v) is 8.52. The van der Waals surface area contributed by atoms with E-state index in [9.17, 15) is 13.2 Å². The van der Waals surface area contributed by atoms with Crippen molar-refractivity contribution in [1.82, 2.24) is 20.3 Å². The van der Waals surface area contributed by atoms with Gasteiger partial charge in [-0.15, -0.1) is 5.10 Å². The zero-order valence-corrected chi connectivity index (χ0v) is 14.7. The first-order valence-electron chi connectivity index (χ1n) is 7.78. The third-order valence-corrected chi connectivity index (χ3v) is 5.90. The molecule has 1 N–H and O–H groups in total. The fourth-order valence-electron chi connectivity index (χ4n) is 2.89. The van der Waals surface area contributed by atoms with Crippen LogP contribution in [0.4, 0.5) is 0 Å². The molecule has 1 saturated heterocycles. The number of sulfone groups is 1. The minimum atomic E-state index is -3.04. The first kappa shape index (κ1) is 16.6. The predicted octanol–water partition coefficient (Wildman–Crippen LogP) is 1.11. The maximum atomic E-state index is 12.4. The highest BCUT2D eigenvalue weighted by atomic mass is 32.2. The number of aromatic nitrogens is 3. The van der Waals surface area contributed by atoms with Gasteiger partial charge in [0.1, 0.15) is 0 Å². The summed E-state index contributed by atoms with van der Waals surface area (Å²) in [5.74, 6) is -0.277. The molecule has 1 aliphatic heterocycles. The van der Waals surface area contributed by atoms with Crippen LogP contribution in [-0.4, -0.2) is 46.9 Å². The van der Waals surface area contributed by atoms with E-state index in [1.165, 1.54) is 4.80 Å². The average molecular weight is 348 g/mol. The van der Waals surface area contributed by atoms with Gasteiger partial charge in [0.15, 0.2) is 15.5 Å². The molecule has 1 aromatic heterocycles. The van der Waals surface area contributed by atoms with Crippen molar-refractivity contribution in [2.45, 2.75) is 33.2 Å². The summed E-state index contributed by atoms with van der Waals surface area (Å²) < 4.78 is 23.0. The Labute approximate surface area is 141 Å². The molecule has 1 amide bonds. The van der Waals surface area contributed by atoms with Crippen LogP contribution in [0, 0.1) is 20.8 Å². The molecule has 1 fully saturated rings. The van der Waals surface area contributed by atoms with Gasteiger partial charge in [-0.2, -0.15) is 9.90 Å². The van der Waals surface area contributed by atoms with E-state index in [4.69, 9.17) is 0 Å². The van der Waals surface area contributed by atoms with Crippen LogP contribution >= 0.6 is 0 Å². The molecule has 8 heteroatoms. The molecule has 128 valence electrons. The molecule has 2 heterocycles. The fraction of sp³-hybridized carbons (Fsp3) is 0.438. The van der Waals surface area contributed by atoms with Gasteiger partial charge >= 0.3 is 0 Å². The number of nitrogens with one attached hydrogen (secondary N) is 1. The number of hydrogen-bond acceptors (Lipinski definition) is 5. The number of benzene rings is 1. The summed E-state index contributed by atoms with van der Waals surface area (Å²) in [6.07, 6.45) is 0.443. The molecule has 0 aliphatic carbocycles. The summed E-state index contributed by atoms with van der Waals surface area (Å²) in [6.45, 7) is 5.69. The van der Waals surface area contributed by atoms with Gasteiger partial charge in [-0.25, -0.2) is 8.42 Å². The lowest BCUT2D eigenvalue weighted by atomic mass is 10.1. The van der Waals surface area contributed by atoms with Crippen molar-refractivity contribution >= 4 is 15.7 Å². The highest BCUT2D eigenvalue weighted by molar-refractivity contribution is 7.91. The molecule has 1 aromatic carbocycles. The standard InChI is InChI=1S/C16H20N4O3S/c1-10-4-5-14(11(2)8-10)20-18-12(3)15(19-20)16(21)17-13-6-7-24(22,23)9-13/h4-5,8,13H,6-7,9H2,1-3H3,(H,17,21)/t13-/m1/s1. The van der Waals surface area contributed by atoms with Crippen LogP contribution in [0.5, 0.6) is 0 Å². The Bertz CT molecular complexity index is 902. The Morgan fingerprint density at radius 2 is 2.00 bits per heavy atom. The van der Waals surface area contributed by atoms with Gasteiger partial charge in [0.25, 0.3) is 5.91 Å². The lowest BCUT2D eigenvalue weighted by Gasteiger charge is -2.09. The lowest BCUT2D eigenvalue weighted by molar-refractivity contribution is 0.0935. The van der Waals surface area contributed by atoms with E-state index < -0.39 is 9.84 Å². The molecule has 2 aromatic rings. The van der Waals surface area contributed by atoms with Crippen molar-refractivity contribution in [2.75, 3.05) is 11.5 Å². The quantitative estimate of drug-likeness (QED) is 0.897. The van der Waals surface area contributed by atoms with Crippen molar-refractivity contribution in [2.24, 2.45) is 0 Å². The number of rotatable bonds is 3. The zero-order chi connectivity index (χ0) is 17.5. The van der Waals surface area contributed by atoms with Crippen molar-refractivity contribution < 1.29 is 13.2 Å². The normalized spacial score (nSPS) is 19.4. The van der Waals surface area contributed by atoms with E-state index in [1.54, 1.807) is 6.92 Å². The number of carbonyl (C=O) groups excluding carboxylic acids is 1. The van der Waals surface area contributed by atoms with Crippen LogP contribution in [0.2, 0.25) is 0 Å². The number of amides is 1. The monoisotopic (exact) mass is 348 g/mol. The van der Waals surface area contributed by atoms with Crippen LogP contribution < -0.4 is 5.32 Å². The van der Waals surface area contributed by atoms with Gasteiger partial charge in [-0.1, -0.05) is 17.7 Å². The second-order valence-electron chi connectivity index (χ2n) is 6.29. The number of carbonyl (C=O) groups is 1. The van der Waals surface area contributed by atoms with Crippen LogP contribution in [0.15, 0.2) is 18.2 Å². The van der Waals surface area contributed by atoms with Crippen molar-refractivity contribution in [3.8, 4) is 5.69 Å². The largest absolute Gasteiger partial charge is 0.347 e. The molecule has 1 aliphatic rings. The maximum absolute atomic E-state index is 12.4. The summed E-state index contributed by atoms with van der Waals surface area (Å²) in [5.41, 5.74) is 3.69. The first-order valence-corrected chi connectivity index (χ1v) is 9.60. The number of aryl methyl sites for hydroxylation is 3. The predicted molar refractivity (Wildman–Crippen MR) is 90.1 cm³/mol. The zero-order valence-electron chi connectivity index (χ0n) is 13.9. The van der Waals surface area contributed by atoms with Crippen LogP contribution in [0.25, 0.3) is 5.69 Å². The molecule has 0 saturated carbocycles. The van der Waals surface area contributed by atoms with Gasteiger partial charge in [-0.05, 0) is 38.8 Å². The molecular formula is C16H20N4O3S. The van der Waals surface area contributed by atoms with E-state index in [2.05, 4.69) is 15.5 Å². The van der Waals surface area contributed by atoms with Crippen molar-refractivity contribution in [1.29, 1.82) is 0 Å². The highest BCUT2D eigenvalue weighted by Crippen LogP contribution is 2.16. The molecule has 0 radical (unpaired) electrons. The summed E-state index contributed by atoms with van der Waals surface area (Å²) in [5, 5.41) is 11.4. The van der Waals surface area contributed by atoms with Crippen LogP contribution in [0.3, 0.4) is 0 Å². The summed E-state index contributed by atoms with van der Waals surface area (Å²) in [6, 6.07) is 5.55. The molecule has 7 nitrogen and oxygen atoms in total. The van der Waals surface area contributed by atoms with E-state index in [0.717, 1.165) is 16.8 Å². The third kappa shape index (κ3) is 3.33. The number of nitrogens with zero attached hydrogens (tertiary/aromatic N) is 3. The van der Waals surface area contributed by atoms with E-state index in [0.29, 0.717) is 12.1 Å².